The third kappa shape index (κ3) is 29.0. The van der Waals surface area contributed by atoms with E-state index in [1.54, 1.807) is 6.08 Å². The third-order valence-corrected chi connectivity index (χ3v) is 14.5. The highest BCUT2D eigenvalue weighted by Crippen LogP contribution is 2.30. The van der Waals surface area contributed by atoms with Gasteiger partial charge in [0.25, 0.3) is 0 Å². The van der Waals surface area contributed by atoms with Crippen molar-refractivity contribution in [1.29, 1.82) is 0 Å². The van der Waals surface area contributed by atoms with Gasteiger partial charge in [-0.15, -0.1) is 0 Å². The van der Waals surface area contributed by atoms with E-state index in [1.165, 1.54) is 180 Å². The molecule has 1 amide bonds. The maximum atomic E-state index is 13.2. The number of hydrogen-bond donors (Lipinski definition) is 9. The zero-order valence-corrected chi connectivity index (χ0v) is 44.3. The van der Waals surface area contributed by atoms with Crippen LogP contribution >= 0.6 is 0 Å². The van der Waals surface area contributed by atoms with Crippen molar-refractivity contribution in [2.45, 2.75) is 319 Å². The van der Waals surface area contributed by atoms with Gasteiger partial charge >= 0.3 is 0 Å². The summed E-state index contributed by atoms with van der Waals surface area (Å²) < 4.78 is 22.7. The maximum absolute atomic E-state index is 13.2. The quantitative estimate of drug-likeness (QED) is 0.0205. The average Bonchev–Trinajstić information content (AvgIpc) is 3.36. The molecule has 12 atom stereocenters. The lowest BCUT2D eigenvalue weighted by Crippen LogP contribution is -2.65. The summed E-state index contributed by atoms with van der Waals surface area (Å²) in [5, 5.41) is 86.9. The summed E-state index contributed by atoms with van der Waals surface area (Å²) in [5.74, 6) is -0.235. The zero-order valence-electron chi connectivity index (χ0n) is 44.3. The van der Waals surface area contributed by atoms with Gasteiger partial charge in [0.15, 0.2) is 12.6 Å². The number of allylic oxidation sites excluding steroid dienone is 1. The number of ether oxygens (including phenoxy) is 4. The maximum Gasteiger partial charge on any atom is 0.220 e. The van der Waals surface area contributed by atoms with E-state index in [2.05, 4.69) is 19.2 Å². The fraction of sp³-hybridized carbons (Fsp3) is 0.946. The molecule has 2 fully saturated rings. The number of nitrogens with one attached hydrogen (secondary N) is 1. The molecule has 0 aromatic heterocycles. The Bertz CT molecular complexity index is 1230. The Morgan fingerprint density at radius 1 is 0.500 bits per heavy atom. The number of aliphatic hydroxyl groups excluding tert-OH is 8. The molecule has 14 heteroatoms. The molecule has 14 nitrogen and oxygen atoms in total. The standard InChI is InChI=1S/C56H107NO13/c1-3-5-7-9-11-13-15-17-18-19-20-21-22-23-24-25-26-28-30-32-34-36-38-40-48(61)57-44(45(60)39-37-35-33-31-29-27-16-14-12-10-8-6-4-2)43-67-55-53(66)51(64)54(47(42-59)69-55)70-56-52(65)50(63)49(62)46(41-58)68-56/h37,39,44-47,49-56,58-60,62-66H,3-36,38,40-43H2,1-2H3,(H,57,61)/t44?,45?,46-,47-,49+,50+,51-,52-,53-,54+,55-,56-/m1/s1. The molecule has 2 aliphatic heterocycles. The Hall–Kier alpha value is -1.27. The Morgan fingerprint density at radius 3 is 1.31 bits per heavy atom. The summed E-state index contributed by atoms with van der Waals surface area (Å²) in [4.78, 5) is 13.2. The van der Waals surface area contributed by atoms with Crippen LogP contribution in [0.4, 0.5) is 0 Å². The van der Waals surface area contributed by atoms with Crippen molar-refractivity contribution in [2.75, 3.05) is 19.8 Å². The van der Waals surface area contributed by atoms with E-state index in [1.807, 2.05) is 6.08 Å². The van der Waals surface area contributed by atoms with Gasteiger partial charge in [0, 0.05) is 6.42 Å². The molecule has 0 spiro atoms. The van der Waals surface area contributed by atoms with Crippen molar-refractivity contribution in [3.05, 3.63) is 12.2 Å². The van der Waals surface area contributed by atoms with Crippen LogP contribution in [0.25, 0.3) is 0 Å². The highest BCUT2D eigenvalue weighted by atomic mass is 16.7. The highest BCUT2D eigenvalue weighted by Gasteiger charge is 2.51. The van der Waals surface area contributed by atoms with Crippen LogP contribution < -0.4 is 5.32 Å². The van der Waals surface area contributed by atoms with Crippen LogP contribution in [0.3, 0.4) is 0 Å². The van der Waals surface area contributed by atoms with E-state index in [0.717, 1.165) is 38.5 Å². The van der Waals surface area contributed by atoms with Crippen molar-refractivity contribution in [2.24, 2.45) is 0 Å². The molecule has 0 saturated carbocycles. The van der Waals surface area contributed by atoms with Crippen LogP contribution in [0.15, 0.2) is 12.2 Å². The summed E-state index contributed by atoms with van der Waals surface area (Å²) in [5.41, 5.74) is 0. The Kier molecular flexibility index (Phi) is 39.9. The SMILES string of the molecule is CCCCCCCCCCCCCC=CC(O)C(CO[C@@H]1O[C@H](CO)[C@H](O[C@H]2O[C@H](CO)[C@H](O)[C@H](O)[C@H]2O)[C@H](O)[C@H]1O)NC(=O)CCCCCCCCCCCCCCCCCCCCCCCCC. The van der Waals surface area contributed by atoms with Gasteiger partial charge < -0.3 is 65.1 Å². The molecule has 0 aliphatic carbocycles. The second-order valence-electron chi connectivity index (χ2n) is 20.8. The first-order valence-electron chi connectivity index (χ1n) is 28.9. The molecule has 414 valence electrons. The molecule has 70 heavy (non-hydrogen) atoms. The largest absolute Gasteiger partial charge is 0.394 e. The van der Waals surface area contributed by atoms with Crippen LogP contribution in [0, 0.1) is 0 Å². The number of aliphatic hydroxyl groups is 8. The minimum absolute atomic E-state index is 0.235. The van der Waals surface area contributed by atoms with E-state index in [9.17, 15) is 45.6 Å². The van der Waals surface area contributed by atoms with E-state index in [4.69, 9.17) is 18.9 Å². The topological polar surface area (TPSA) is 228 Å². The number of amides is 1. The van der Waals surface area contributed by atoms with Crippen LogP contribution in [0.5, 0.6) is 0 Å². The number of hydrogen-bond acceptors (Lipinski definition) is 13. The molecule has 2 rings (SSSR count). The summed E-state index contributed by atoms with van der Waals surface area (Å²) in [6.45, 7) is 2.81. The lowest BCUT2D eigenvalue weighted by molar-refractivity contribution is -0.359. The molecule has 0 aromatic rings. The van der Waals surface area contributed by atoms with Crippen molar-refractivity contribution >= 4 is 5.91 Å². The van der Waals surface area contributed by atoms with Crippen molar-refractivity contribution in [1.82, 2.24) is 5.32 Å². The summed E-state index contributed by atoms with van der Waals surface area (Å²) >= 11 is 0. The summed E-state index contributed by atoms with van der Waals surface area (Å²) in [7, 11) is 0. The van der Waals surface area contributed by atoms with Gasteiger partial charge in [-0.3, -0.25) is 4.79 Å². The summed E-state index contributed by atoms with van der Waals surface area (Å²) in [6.07, 6.45) is 31.1. The Balaban J connectivity index is 1.74. The molecular weight excluding hydrogens is 895 g/mol. The number of rotatable bonds is 46. The highest BCUT2D eigenvalue weighted by molar-refractivity contribution is 5.76. The molecule has 2 unspecified atom stereocenters. The van der Waals surface area contributed by atoms with Crippen molar-refractivity contribution in [3.8, 4) is 0 Å². The first kappa shape index (κ1) is 64.8. The lowest BCUT2D eigenvalue weighted by atomic mass is 9.97. The van der Waals surface area contributed by atoms with Crippen LogP contribution in [0.1, 0.15) is 245 Å². The predicted octanol–water partition coefficient (Wildman–Crippen LogP) is 9.11. The van der Waals surface area contributed by atoms with Gasteiger partial charge in [0.05, 0.1) is 32.0 Å². The minimum Gasteiger partial charge on any atom is -0.394 e. The number of unbranched alkanes of at least 4 members (excludes halogenated alkanes) is 33. The third-order valence-electron chi connectivity index (χ3n) is 14.5. The molecule has 2 saturated heterocycles. The van der Waals surface area contributed by atoms with E-state index in [-0.39, 0.29) is 18.9 Å². The van der Waals surface area contributed by atoms with E-state index in [0.29, 0.717) is 6.42 Å². The van der Waals surface area contributed by atoms with Crippen LogP contribution in [-0.4, -0.2) is 140 Å². The second kappa shape index (κ2) is 43.0. The predicted molar refractivity (Wildman–Crippen MR) is 277 cm³/mol. The average molecular weight is 1000 g/mol. The first-order chi connectivity index (χ1) is 34.1. The molecule has 0 radical (unpaired) electrons. The monoisotopic (exact) mass is 1000 g/mol. The van der Waals surface area contributed by atoms with Gasteiger partial charge in [-0.2, -0.15) is 0 Å². The molecule has 2 heterocycles. The van der Waals surface area contributed by atoms with Crippen LogP contribution in [0.2, 0.25) is 0 Å². The van der Waals surface area contributed by atoms with Crippen LogP contribution in [-0.2, 0) is 23.7 Å². The van der Waals surface area contributed by atoms with E-state index < -0.39 is 86.8 Å². The normalized spacial score (nSPS) is 26.0. The van der Waals surface area contributed by atoms with Gasteiger partial charge in [-0.05, 0) is 19.3 Å². The Morgan fingerprint density at radius 2 is 0.886 bits per heavy atom. The second-order valence-corrected chi connectivity index (χ2v) is 20.8. The molecular formula is C56H107NO13. The smallest absolute Gasteiger partial charge is 0.220 e. The summed E-state index contributed by atoms with van der Waals surface area (Å²) in [6, 6.07) is -0.908. The molecule has 0 bridgehead atoms. The lowest BCUT2D eigenvalue weighted by Gasteiger charge is -2.46. The molecule has 2 aliphatic rings. The van der Waals surface area contributed by atoms with Gasteiger partial charge in [0.1, 0.15) is 48.8 Å². The van der Waals surface area contributed by atoms with E-state index >= 15 is 0 Å². The minimum atomic E-state index is -1.78. The van der Waals surface area contributed by atoms with Gasteiger partial charge in [-0.1, -0.05) is 231 Å². The fourth-order valence-corrected chi connectivity index (χ4v) is 9.76. The van der Waals surface area contributed by atoms with Crippen molar-refractivity contribution in [3.63, 3.8) is 0 Å². The Labute approximate surface area is 425 Å². The fourth-order valence-electron chi connectivity index (χ4n) is 9.76. The molecule has 0 aromatic carbocycles. The number of carbonyl (C=O) groups is 1. The van der Waals surface area contributed by atoms with Gasteiger partial charge in [0.2, 0.25) is 5.91 Å². The van der Waals surface area contributed by atoms with Gasteiger partial charge in [-0.25, -0.2) is 0 Å². The number of carbonyl (C=O) groups excluding carboxylic acids is 1. The van der Waals surface area contributed by atoms with Crippen molar-refractivity contribution < 1.29 is 64.6 Å². The zero-order chi connectivity index (χ0) is 51.0. The molecule has 9 N–H and O–H groups in total. The first-order valence-corrected chi connectivity index (χ1v) is 28.9.